The summed E-state index contributed by atoms with van der Waals surface area (Å²) in [6, 6.07) is 1.10. The molecule has 0 saturated heterocycles. The van der Waals surface area contributed by atoms with E-state index in [2.05, 4.69) is 31.1 Å². The highest BCUT2D eigenvalue weighted by Gasteiger charge is 2.41. The summed E-state index contributed by atoms with van der Waals surface area (Å²) >= 11 is 0. The van der Waals surface area contributed by atoms with Gasteiger partial charge in [-0.05, 0) is 58.6 Å². The van der Waals surface area contributed by atoms with Gasteiger partial charge in [0.15, 0.2) is 0 Å². The van der Waals surface area contributed by atoms with E-state index in [0.717, 1.165) is 31.4 Å². The van der Waals surface area contributed by atoms with Crippen LogP contribution in [0.3, 0.4) is 0 Å². The SMILES string of the molecule is CC(C)N1C(=O)C(CC(=O)NCCN(C)C2CCCCC2)=C2CCCCC21. The second-order valence-electron chi connectivity index (χ2n) is 8.87. The molecule has 2 fully saturated rings. The molecule has 2 amide bonds. The van der Waals surface area contributed by atoms with Crippen LogP contribution in [0.4, 0.5) is 0 Å². The molecule has 2 aliphatic carbocycles. The lowest BCUT2D eigenvalue weighted by Gasteiger charge is -2.33. The summed E-state index contributed by atoms with van der Waals surface area (Å²) in [5.41, 5.74) is 2.03. The van der Waals surface area contributed by atoms with E-state index >= 15 is 0 Å². The first-order chi connectivity index (χ1) is 13.0. The van der Waals surface area contributed by atoms with Gasteiger partial charge >= 0.3 is 0 Å². The third kappa shape index (κ3) is 4.74. The molecule has 3 rings (SSSR count). The second kappa shape index (κ2) is 9.22. The fourth-order valence-corrected chi connectivity index (χ4v) is 5.17. The molecule has 0 radical (unpaired) electrons. The predicted molar refractivity (Wildman–Crippen MR) is 108 cm³/mol. The van der Waals surface area contributed by atoms with Crippen molar-refractivity contribution in [3.8, 4) is 0 Å². The molecular formula is C22H37N3O2. The van der Waals surface area contributed by atoms with E-state index in [9.17, 15) is 9.59 Å². The van der Waals surface area contributed by atoms with Crippen molar-refractivity contribution in [3.63, 3.8) is 0 Å². The summed E-state index contributed by atoms with van der Waals surface area (Å²) in [5.74, 6) is 0.0965. The normalized spacial score (nSPS) is 24.1. The first-order valence-corrected chi connectivity index (χ1v) is 11.0. The molecule has 5 nitrogen and oxygen atoms in total. The van der Waals surface area contributed by atoms with Crippen molar-refractivity contribution in [1.82, 2.24) is 15.1 Å². The molecule has 0 bridgehead atoms. The molecule has 0 spiro atoms. The van der Waals surface area contributed by atoms with Crippen molar-refractivity contribution < 1.29 is 9.59 Å². The van der Waals surface area contributed by atoms with Gasteiger partial charge in [0.25, 0.3) is 5.91 Å². The van der Waals surface area contributed by atoms with E-state index < -0.39 is 0 Å². The average Bonchev–Trinajstić information content (AvgIpc) is 2.94. The van der Waals surface area contributed by atoms with Gasteiger partial charge in [-0.25, -0.2) is 0 Å². The predicted octanol–water partition coefficient (Wildman–Crippen LogP) is 3.25. The number of likely N-dealkylation sites (N-methyl/N-ethyl adjacent to an activating group) is 1. The zero-order chi connectivity index (χ0) is 19.4. The van der Waals surface area contributed by atoms with Crippen LogP contribution in [0.15, 0.2) is 11.1 Å². The van der Waals surface area contributed by atoms with Gasteiger partial charge in [0.05, 0.1) is 12.5 Å². The summed E-state index contributed by atoms with van der Waals surface area (Å²) in [4.78, 5) is 29.8. The van der Waals surface area contributed by atoms with Gasteiger partial charge in [-0.15, -0.1) is 0 Å². The molecule has 0 aromatic heterocycles. The second-order valence-corrected chi connectivity index (χ2v) is 8.87. The number of amides is 2. The molecular weight excluding hydrogens is 338 g/mol. The van der Waals surface area contributed by atoms with Gasteiger partial charge < -0.3 is 15.1 Å². The van der Waals surface area contributed by atoms with Crippen LogP contribution >= 0.6 is 0 Å². The number of carbonyl (C=O) groups excluding carboxylic acids is 2. The van der Waals surface area contributed by atoms with Crippen molar-refractivity contribution in [1.29, 1.82) is 0 Å². The monoisotopic (exact) mass is 375 g/mol. The van der Waals surface area contributed by atoms with Crippen LogP contribution in [-0.4, -0.2) is 59.9 Å². The lowest BCUT2D eigenvalue weighted by Crippen LogP contribution is -2.42. The van der Waals surface area contributed by atoms with Crippen LogP contribution < -0.4 is 5.32 Å². The minimum Gasteiger partial charge on any atom is -0.355 e. The minimum absolute atomic E-state index is 0.00202. The first kappa shape index (κ1) is 20.4. The van der Waals surface area contributed by atoms with E-state index in [4.69, 9.17) is 0 Å². The number of fused-ring (bicyclic) bond motifs is 1. The average molecular weight is 376 g/mol. The fraction of sp³-hybridized carbons (Fsp3) is 0.818. The van der Waals surface area contributed by atoms with Crippen LogP contribution in [0.5, 0.6) is 0 Å². The third-order valence-electron chi connectivity index (χ3n) is 6.67. The summed E-state index contributed by atoms with van der Waals surface area (Å²) < 4.78 is 0. The van der Waals surface area contributed by atoms with Gasteiger partial charge in [0.2, 0.25) is 5.91 Å². The molecule has 1 atom stereocenters. The van der Waals surface area contributed by atoms with E-state index in [1.807, 2.05) is 4.90 Å². The highest BCUT2D eigenvalue weighted by molar-refractivity contribution is 6.02. The van der Waals surface area contributed by atoms with E-state index in [1.165, 1.54) is 44.1 Å². The van der Waals surface area contributed by atoms with E-state index in [0.29, 0.717) is 12.6 Å². The third-order valence-corrected chi connectivity index (χ3v) is 6.67. The number of nitrogens with zero attached hydrogens (tertiary/aromatic N) is 2. The summed E-state index contributed by atoms with van der Waals surface area (Å²) in [7, 11) is 2.17. The van der Waals surface area contributed by atoms with Gasteiger partial charge in [-0.1, -0.05) is 25.7 Å². The summed E-state index contributed by atoms with van der Waals surface area (Å²) in [6.45, 7) is 5.71. The Morgan fingerprint density at radius 3 is 2.56 bits per heavy atom. The van der Waals surface area contributed by atoms with Crippen molar-refractivity contribution in [2.45, 2.75) is 96.2 Å². The van der Waals surface area contributed by atoms with Gasteiger partial charge in [0, 0.05) is 30.7 Å². The molecule has 152 valence electrons. The lowest BCUT2D eigenvalue weighted by atomic mass is 9.88. The summed E-state index contributed by atoms with van der Waals surface area (Å²) in [5, 5.41) is 3.05. The summed E-state index contributed by atoms with van der Waals surface area (Å²) in [6.07, 6.45) is 11.2. The van der Waals surface area contributed by atoms with E-state index in [-0.39, 0.29) is 30.3 Å². The minimum atomic E-state index is -0.00202. The Labute approximate surface area is 164 Å². The zero-order valence-electron chi connectivity index (χ0n) is 17.4. The molecule has 1 unspecified atom stereocenters. The molecule has 2 saturated carbocycles. The van der Waals surface area contributed by atoms with Crippen LogP contribution in [0.1, 0.15) is 78.1 Å². The van der Waals surface area contributed by atoms with Crippen LogP contribution in [0.25, 0.3) is 0 Å². The Kier molecular flexibility index (Phi) is 6.96. The molecule has 3 aliphatic rings. The first-order valence-electron chi connectivity index (χ1n) is 11.0. The van der Waals surface area contributed by atoms with Gasteiger partial charge in [-0.3, -0.25) is 9.59 Å². The number of rotatable bonds is 7. The van der Waals surface area contributed by atoms with Crippen molar-refractivity contribution >= 4 is 11.8 Å². The Morgan fingerprint density at radius 1 is 1.15 bits per heavy atom. The zero-order valence-corrected chi connectivity index (χ0v) is 17.4. The number of hydrogen-bond donors (Lipinski definition) is 1. The molecule has 5 heteroatoms. The number of nitrogens with one attached hydrogen (secondary N) is 1. The van der Waals surface area contributed by atoms with E-state index in [1.54, 1.807) is 0 Å². The molecule has 0 aromatic rings. The quantitative estimate of drug-likeness (QED) is 0.743. The number of carbonyl (C=O) groups is 2. The highest BCUT2D eigenvalue weighted by Crippen LogP contribution is 2.38. The topological polar surface area (TPSA) is 52.7 Å². The molecule has 1 heterocycles. The van der Waals surface area contributed by atoms with Gasteiger partial charge in [0.1, 0.15) is 0 Å². The van der Waals surface area contributed by atoms with Crippen molar-refractivity contribution in [3.05, 3.63) is 11.1 Å². The Hall–Kier alpha value is -1.36. The van der Waals surface area contributed by atoms with Crippen LogP contribution in [0.2, 0.25) is 0 Å². The molecule has 27 heavy (non-hydrogen) atoms. The van der Waals surface area contributed by atoms with Crippen molar-refractivity contribution in [2.75, 3.05) is 20.1 Å². The maximum atomic E-state index is 12.9. The number of hydrogen-bond acceptors (Lipinski definition) is 3. The van der Waals surface area contributed by atoms with Crippen molar-refractivity contribution in [2.24, 2.45) is 0 Å². The van der Waals surface area contributed by atoms with Gasteiger partial charge in [-0.2, -0.15) is 0 Å². The largest absolute Gasteiger partial charge is 0.355 e. The van der Waals surface area contributed by atoms with Crippen LogP contribution in [0, 0.1) is 0 Å². The lowest BCUT2D eigenvalue weighted by molar-refractivity contribution is -0.130. The Bertz CT molecular complexity index is 578. The highest BCUT2D eigenvalue weighted by atomic mass is 16.2. The molecule has 1 aliphatic heterocycles. The molecule has 1 N–H and O–H groups in total. The fourth-order valence-electron chi connectivity index (χ4n) is 5.17. The smallest absolute Gasteiger partial charge is 0.251 e. The maximum Gasteiger partial charge on any atom is 0.251 e. The Balaban J connectivity index is 1.51. The maximum absolute atomic E-state index is 12.9. The van der Waals surface area contributed by atoms with Crippen LogP contribution in [-0.2, 0) is 9.59 Å². The Morgan fingerprint density at radius 2 is 1.85 bits per heavy atom. The standard InChI is InChI=1S/C22H37N3O2/c1-16(2)25-20-12-8-7-11-18(20)19(22(25)27)15-21(26)23-13-14-24(3)17-9-5-4-6-10-17/h16-17,20H,4-15H2,1-3H3,(H,23,26). The molecule has 0 aromatic carbocycles.